The van der Waals surface area contributed by atoms with E-state index in [4.69, 9.17) is 44.3 Å². The average molecular weight is 482 g/mol. The zero-order valence-corrected chi connectivity index (χ0v) is 19.1. The zero-order valence-electron chi connectivity index (χ0n) is 16.8. The molecule has 2 saturated carbocycles. The molecule has 11 heteroatoms. The Morgan fingerprint density at radius 3 is 2.43 bits per heavy atom. The van der Waals surface area contributed by atoms with Gasteiger partial charge in [0, 0.05) is 6.92 Å². The Bertz CT molecular complexity index is 833. The molecule has 166 valence electrons. The van der Waals surface area contributed by atoms with Gasteiger partial charge in [-0.1, -0.05) is 48.7 Å². The molecule has 4 fully saturated rings. The van der Waals surface area contributed by atoms with Gasteiger partial charge in [0.05, 0.1) is 18.1 Å². The number of alkyl halides is 3. The highest BCUT2D eigenvalue weighted by atomic mass is 35.5. The summed E-state index contributed by atoms with van der Waals surface area (Å²) < 4.78 is 8.79. The second-order valence-electron chi connectivity index (χ2n) is 8.95. The van der Waals surface area contributed by atoms with Crippen molar-refractivity contribution >= 4 is 58.6 Å². The fraction of sp³-hybridized carbons (Fsp3) is 0.789. The normalized spacial score (nSPS) is 40.0. The summed E-state index contributed by atoms with van der Waals surface area (Å²) in [6.07, 6.45) is 1.53. The predicted octanol–water partition coefficient (Wildman–Crippen LogP) is 2.67. The molecule has 0 radical (unpaired) electrons. The van der Waals surface area contributed by atoms with E-state index in [1.807, 2.05) is 13.8 Å². The number of imide groups is 2. The number of esters is 1. The molecular weight excluding hydrogens is 459 g/mol. The van der Waals surface area contributed by atoms with E-state index < -0.39 is 56.6 Å². The number of ether oxygens (including phenoxy) is 2. The first-order valence-electron chi connectivity index (χ1n) is 9.87. The van der Waals surface area contributed by atoms with E-state index in [1.54, 1.807) is 0 Å². The third-order valence-electron chi connectivity index (χ3n) is 7.52. The SMILES string of the molecule is CC(=O)N1C(=O)N2C(=O)[C@]34CC[C@H](C[C@H]3OCCOC(=O)C(Cl)(Cl)[C@H]1[C@@H]2Cl)C4(C)C. The quantitative estimate of drug-likeness (QED) is 0.300. The molecule has 4 bridgehead atoms. The Hall–Kier alpha value is -1.09. The molecule has 0 aromatic rings. The predicted molar refractivity (Wildman–Crippen MR) is 107 cm³/mol. The van der Waals surface area contributed by atoms with Crippen LogP contribution in [-0.4, -0.2) is 68.8 Å². The van der Waals surface area contributed by atoms with Gasteiger partial charge < -0.3 is 9.47 Å². The van der Waals surface area contributed by atoms with Crippen molar-refractivity contribution in [2.45, 2.75) is 62.0 Å². The molecule has 2 aliphatic carbocycles. The van der Waals surface area contributed by atoms with Crippen molar-refractivity contribution in [3.63, 3.8) is 0 Å². The number of nitrogens with zero attached hydrogens (tertiary/aromatic N) is 2. The first-order chi connectivity index (χ1) is 13.9. The van der Waals surface area contributed by atoms with E-state index in [2.05, 4.69) is 0 Å². The number of carbonyl (C=O) groups excluding carboxylic acids is 4. The second kappa shape index (κ2) is 6.95. The van der Waals surface area contributed by atoms with Crippen molar-refractivity contribution in [1.29, 1.82) is 0 Å². The van der Waals surface area contributed by atoms with Crippen LogP contribution < -0.4 is 0 Å². The smallest absolute Gasteiger partial charge is 0.345 e. The third-order valence-corrected chi connectivity index (χ3v) is 8.71. The number of urea groups is 1. The molecule has 4 aliphatic rings. The minimum absolute atomic E-state index is 0.0530. The van der Waals surface area contributed by atoms with Crippen molar-refractivity contribution in [3.05, 3.63) is 0 Å². The number of halogens is 3. The van der Waals surface area contributed by atoms with Gasteiger partial charge in [0.25, 0.3) is 0 Å². The zero-order chi connectivity index (χ0) is 22.2. The van der Waals surface area contributed by atoms with Crippen LogP contribution >= 0.6 is 34.8 Å². The molecule has 30 heavy (non-hydrogen) atoms. The number of fused-ring (bicyclic) bond motifs is 3. The van der Waals surface area contributed by atoms with Gasteiger partial charge in [-0.3, -0.25) is 14.5 Å². The van der Waals surface area contributed by atoms with Gasteiger partial charge in [0.2, 0.25) is 16.1 Å². The van der Waals surface area contributed by atoms with Crippen LogP contribution in [0.4, 0.5) is 4.79 Å². The molecule has 0 aromatic carbocycles. The summed E-state index contributed by atoms with van der Waals surface area (Å²) in [6, 6.07) is -2.45. The van der Waals surface area contributed by atoms with Crippen molar-refractivity contribution in [3.8, 4) is 0 Å². The third kappa shape index (κ3) is 2.63. The molecule has 5 atom stereocenters. The summed E-state index contributed by atoms with van der Waals surface area (Å²) in [6.45, 7) is 5.02. The Balaban J connectivity index is 1.87. The molecule has 4 rings (SSSR count). The van der Waals surface area contributed by atoms with E-state index in [1.165, 1.54) is 0 Å². The lowest BCUT2D eigenvalue weighted by molar-refractivity contribution is -0.161. The lowest BCUT2D eigenvalue weighted by atomic mass is 9.67. The largest absolute Gasteiger partial charge is 0.461 e. The van der Waals surface area contributed by atoms with Gasteiger partial charge in [-0.25, -0.2) is 14.5 Å². The van der Waals surface area contributed by atoms with Crippen molar-refractivity contribution in [1.82, 2.24) is 9.80 Å². The highest BCUT2D eigenvalue weighted by Crippen LogP contribution is 2.67. The molecule has 2 aliphatic heterocycles. The van der Waals surface area contributed by atoms with E-state index >= 15 is 0 Å². The first-order valence-corrected chi connectivity index (χ1v) is 11.1. The maximum atomic E-state index is 14.0. The Morgan fingerprint density at radius 2 is 1.83 bits per heavy atom. The summed E-state index contributed by atoms with van der Waals surface area (Å²) in [5, 5.41) is 0. The summed E-state index contributed by atoms with van der Waals surface area (Å²) in [5.74, 6) is -2.10. The van der Waals surface area contributed by atoms with Crippen molar-refractivity contribution in [2.24, 2.45) is 16.7 Å². The molecule has 0 N–H and O–H groups in total. The molecule has 1 spiro atoms. The van der Waals surface area contributed by atoms with Gasteiger partial charge in [0.15, 0.2) is 0 Å². The molecule has 2 heterocycles. The summed E-state index contributed by atoms with van der Waals surface area (Å²) in [5.41, 5.74) is -2.89. The standard InChI is InChI=1S/C19H23Cl3N2O6/c1-9(25)23-12-13(20)24(16(23)28)14(26)18-5-4-10(17(18,2)3)8-11(18)29-6-7-30-15(27)19(12,21)22/h10-13H,4-8H2,1-3H3/t10-,11-,12-,13-,18+/m1/s1. The van der Waals surface area contributed by atoms with Crippen LogP contribution in [0.1, 0.15) is 40.0 Å². The van der Waals surface area contributed by atoms with Crippen LogP contribution in [0, 0.1) is 16.7 Å². The number of hydrogen-bond acceptors (Lipinski definition) is 6. The molecule has 2 saturated heterocycles. The average Bonchev–Trinajstić information content (AvgIpc) is 3.16. The molecule has 0 aromatic heterocycles. The van der Waals surface area contributed by atoms with Crippen LogP contribution in [0.25, 0.3) is 0 Å². The minimum Gasteiger partial charge on any atom is -0.461 e. The van der Waals surface area contributed by atoms with E-state index in [0.717, 1.165) is 18.2 Å². The first kappa shape index (κ1) is 22.1. The van der Waals surface area contributed by atoms with Gasteiger partial charge in [0.1, 0.15) is 18.1 Å². The van der Waals surface area contributed by atoms with Crippen LogP contribution in [0.5, 0.6) is 0 Å². The monoisotopic (exact) mass is 480 g/mol. The van der Waals surface area contributed by atoms with Gasteiger partial charge in [-0.05, 0) is 30.6 Å². The van der Waals surface area contributed by atoms with Gasteiger partial charge in [-0.2, -0.15) is 0 Å². The summed E-state index contributed by atoms with van der Waals surface area (Å²) in [7, 11) is 0. The fourth-order valence-electron chi connectivity index (χ4n) is 5.85. The van der Waals surface area contributed by atoms with Crippen LogP contribution in [0.15, 0.2) is 0 Å². The highest BCUT2D eigenvalue weighted by Gasteiger charge is 2.72. The van der Waals surface area contributed by atoms with Crippen LogP contribution in [-0.2, 0) is 23.9 Å². The number of rotatable bonds is 0. The van der Waals surface area contributed by atoms with E-state index in [9.17, 15) is 19.2 Å². The Labute approximate surface area is 189 Å². The highest BCUT2D eigenvalue weighted by molar-refractivity contribution is 6.58. The molecule has 0 unspecified atom stereocenters. The Morgan fingerprint density at radius 1 is 1.17 bits per heavy atom. The second-order valence-corrected chi connectivity index (χ2v) is 10.8. The number of cyclic esters (lactones) is 1. The number of carbonyl (C=O) groups is 4. The van der Waals surface area contributed by atoms with Gasteiger partial charge in [-0.15, -0.1) is 0 Å². The topological polar surface area (TPSA) is 93.2 Å². The number of amides is 4. The number of hydrogen-bond donors (Lipinski definition) is 0. The lowest BCUT2D eigenvalue weighted by Gasteiger charge is -2.43. The maximum Gasteiger partial charge on any atom is 0.345 e. The molecule has 8 nitrogen and oxygen atoms in total. The van der Waals surface area contributed by atoms with E-state index in [-0.39, 0.29) is 19.1 Å². The summed E-state index contributed by atoms with van der Waals surface area (Å²) >= 11 is 19.1. The minimum atomic E-state index is -2.36. The summed E-state index contributed by atoms with van der Waals surface area (Å²) in [4.78, 5) is 53.6. The Kier molecular flexibility index (Phi) is 5.13. The van der Waals surface area contributed by atoms with Crippen molar-refractivity contribution in [2.75, 3.05) is 13.2 Å². The fourth-order valence-corrected chi connectivity index (χ4v) is 7.00. The van der Waals surface area contributed by atoms with E-state index in [0.29, 0.717) is 17.7 Å². The molecule has 4 amide bonds. The van der Waals surface area contributed by atoms with Gasteiger partial charge >= 0.3 is 12.0 Å². The molecular formula is C19H23Cl3N2O6. The lowest BCUT2D eigenvalue weighted by Crippen LogP contribution is -2.57. The van der Waals surface area contributed by atoms with Crippen molar-refractivity contribution < 1.29 is 28.7 Å². The van der Waals surface area contributed by atoms with Crippen LogP contribution in [0.2, 0.25) is 0 Å². The van der Waals surface area contributed by atoms with Crippen LogP contribution in [0.3, 0.4) is 0 Å². The maximum absolute atomic E-state index is 14.0.